The Bertz CT molecular complexity index is 349. The molecule has 1 rings (SSSR count). The number of nitrogens with one attached hydrogen (secondary N) is 1. The van der Waals surface area contributed by atoms with Crippen molar-refractivity contribution in [2.45, 2.75) is 40.2 Å². The van der Waals surface area contributed by atoms with Crippen molar-refractivity contribution in [3.05, 3.63) is 29.8 Å². The van der Waals surface area contributed by atoms with E-state index in [-0.39, 0.29) is 0 Å². The van der Waals surface area contributed by atoms with Crippen LogP contribution in [0.2, 0.25) is 0 Å². The molecule has 18 heavy (non-hydrogen) atoms. The second-order valence-corrected chi connectivity index (χ2v) is 5.12. The predicted octanol–water partition coefficient (Wildman–Crippen LogP) is 3.84. The molecule has 0 aliphatic carbocycles. The van der Waals surface area contributed by atoms with Crippen molar-refractivity contribution in [2.24, 2.45) is 5.92 Å². The van der Waals surface area contributed by atoms with Crippen molar-refractivity contribution in [1.82, 2.24) is 5.32 Å². The van der Waals surface area contributed by atoms with E-state index in [4.69, 9.17) is 0 Å². The fourth-order valence-electron chi connectivity index (χ4n) is 2.20. The number of para-hydroxylation sites is 1. The highest BCUT2D eigenvalue weighted by molar-refractivity contribution is 5.54. The van der Waals surface area contributed by atoms with Gasteiger partial charge in [0.25, 0.3) is 0 Å². The molecule has 2 nitrogen and oxygen atoms in total. The Labute approximate surface area is 112 Å². The molecule has 2 heteroatoms. The summed E-state index contributed by atoms with van der Waals surface area (Å²) < 4.78 is 0. The van der Waals surface area contributed by atoms with Gasteiger partial charge in [-0.3, -0.25) is 0 Å². The SMILES string of the molecule is CCC(C)CN(CC)c1ccccc1C(C)NC. The Morgan fingerprint density at radius 2 is 1.83 bits per heavy atom. The van der Waals surface area contributed by atoms with E-state index >= 15 is 0 Å². The molecular weight excluding hydrogens is 220 g/mol. The number of anilines is 1. The molecule has 102 valence electrons. The first-order valence-corrected chi connectivity index (χ1v) is 7.15. The van der Waals surface area contributed by atoms with E-state index in [9.17, 15) is 0 Å². The quantitative estimate of drug-likeness (QED) is 0.788. The number of benzene rings is 1. The minimum Gasteiger partial charge on any atom is -0.371 e. The molecule has 0 saturated heterocycles. The van der Waals surface area contributed by atoms with Crippen molar-refractivity contribution in [3.8, 4) is 0 Å². The Hall–Kier alpha value is -1.02. The summed E-state index contributed by atoms with van der Waals surface area (Å²) in [6.45, 7) is 11.3. The molecule has 0 fully saturated rings. The first-order chi connectivity index (χ1) is 8.63. The third kappa shape index (κ3) is 3.74. The maximum atomic E-state index is 3.34. The third-order valence-corrected chi connectivity index (χ3v) is 3.79. The van der Waals surface area contributed by atoms with Gasteiger partial charge < -0.3 is 10.2 Å². The van der Waals surface area contributed by atoms with Crippen LogP contribution in [0.3, 0.4) is 0 Å². The van der Waals surface area contributed by atoms with Crippen molar-refractivity contribution >= 4 is 5.69 Å². The van der Waals surface area contributed by atoms with Crippen molar-refractivity contribution in [2.75, 3.05) is 25.0 Å². The summed E-state index contributed by atoms with van der Waals surface area (Å²) in [5.74, 6) is 0.739. The van der Waals surface area contributed by atoms with Gasteiger partial charge in [-0.05, 0) is 38.4 Å². The standard InChI is InChI=1S/C16H28N2/c1-6-13(3)12-18(7-2)16-11-9-8-10-15(16)14(4)17-5/h8-11,13-14,17H,6-7,12H2,1-5H3. The largest absolute Gasteiger partial charge is 0.371 e. The van der Waals surface area contributed by atoms with Crippen LogP contribution in [0.15, 0.2) is 24.3 Å². The van der Waals surface area contributed by atoms with Crippen LogP contribution < -0.4 is 10.2 Å². The topological polar surface area (TPSA) is 15.3 Å². The fraction of sp³-hybridized carbons (Fsp3) is 0.625. The molecule has 2 atom stereocenters. The molecule has 0 radical (unpaired) electrons. The van der Waals surface area contributed by atoms with Crippen LogP contribution in [0.1, 0.15) is 45.7 Å². The van der Waals surface area contributed by atoms with E-state index in [1.165, 1.54) is 17.7 Å². The third-order valence-electron chi connectivity index (χ3n) is 3.79. The van der Waals surface area contributed by atoms with Gasteiger partial charge in [0, 0.05) is 24.8 Å². The van der Waals surface area contributed by atoms with Gasteiger partial charge in [0.1, 0.15) is 0 Å². The van der Waals surface area contributed by atoms with Gasteiger partial charge in [-0.1, -0.05) is 38.5 Å². The van der Waals surface area contributed by atoms with Gasteiger partial charge in [-0.15, -0.1) is 0 Å². The Morgan fingerprint density at radius 1 is 1.17 bits per heavy atom. The second-order valence-electron chi connectivity index (χ2n) is 5.12. The van der Waals surface area contributed by atoms with Gasteiger partial charge in [0.05, 0.1) is 0 Å². The number of hydrogen-bond acceptors (Lipinski definition) is 2. The highest BCUT2D eigenvalue weighted by Crippen LogP contribution is 2.26. The molecule has 0 spiro atoms. The lowest BCUT2D eigenvalue weighted by Gasteiger charge is -2.30. The Balaban J connectivity index is 2.97. The zero-order chi connectivity index (χ0) is 13.5. The molecule has 0 bridgehead atoms. The summed E-state index contributed by atoms with van der Waals surface area (Å²) in [6, 6.07) is 9.14. The Kier molecular flexibility index (Phi) is 6.20. The first-order valence-electron chi connectivity index (χ1n) is 7.15. The zero-order valence-corrected chi connectivity index (χ0v) is 12.5. The molecule has 0 aliphatic rings. The molecule has 0 aliphatic heterocycles. The minimum atomic E-state index is 0.396. The van der Waals surface area contributed by atoms with Crippen LogP contribution >= 0.6 is 0 Å². The molecule has 0 amide bonds. The second kappa shape index (κ2) is 7.42. The number of rotatable bonds is 7. The lowest BCUT2D eigenvalue weighted by atomic mass is 10.0. The first kappa shape index (κ1) is 15.0. The zero-order valence-electron chi connectivity index (χ0n) is 12.5. The van der Waals surface area contributed by atoms with E-state index < -0.39 is 0 Å². The van der Waals surface area contributed by atoms with Gasteiger partial charge >= 0.3 is 0 Å². The summed E-state index contributed by atoms with van der Waals surface area (Å²) in [6.07, 6.45) is 1.24. The van der Waals surface area contributed by atoms with Crippen LogP contribution in [0.4, 0.5) is 5.69 Å². The van der Waals surface area contributed by atoms with E-state index in [0.717, 1.165) is 19.0 Å². The maximum Gasteiger partial charge on any atom is 0.0414 e. The molecule has 1 N–H and O–H groups in total. The molecule has 0 heterocycles. The van der Waals surface area contributed by atoms with Crippen molar-refractivity contribution in [1.29, 1.82) is 0 Å². The minimum absolute atomic E-state index is 0.396. The summed E-state index contributed by atoms with van der Waals surface area (Å²) >= 11 is 0. The average molecular weight is 248 g/mol. The molecule has 2 unspecified atom stereocenters. The average Bonchev–Trinajstić information content (AvgIpc) is 2.43. The van der Waals surface area contributed by atoms with Gasteiger partial charge in [0.2, 0.25) is 0 Å². The van der Waals surface area contributed by atoms with Gasteiger partial charge in [-0.2, -0.15) is 0 Å². The van der Waals surface area contributed by atoms with E-state index in [2.05, 4.69) is 62.2 Å². The van der Waals surface area contributed by atoms with Crippen molar-refractivity contribution < 1.29 is 0 Å². The molecule has 1 aromatic rings. The highest BCUT2D eigenvalue weighted by atomic mass is 15.1. The summed E-state index contributed by atoms with van der Waals surface area (Å²) in [4.78, 5) is 2.50. The molecule has 1 aromatic carbocycles. The van der Waals surface area contributed by atoms with E-state index in [1.54, 1.807) is 0 Å². The predicted molar refractivity (Wildman–Crippen MR) is 81.3 cm³/mol. The summed E-state index contributed by atoms with van der Waals surface area (Å²) in [7, 11) is 2.02. The lowest BCUT2D eigenvalue weighted by molar-refractivity contribution is 0.544. The van der Waals surface area contributed by atoms with E-state index in [1.807, 2.05) is 7.05 Å². The molecule has 0 aromatic heterocycles. The smallest absolute Gasteiger partial charge is 0.0414 e. The lowest BCUT2D eigenvalue weighted by Crippen LogP contribution is -2.30. The number of nitrogens with zero attached hydrogens (tertiary/aromatic N) is 1. The number of hydrogen-bond donors (Lipinski definition) is 1. The van der Waals surface area contributed by atoms with Crippen LogP contribution in [0.5, 0.6) is 0 Å². The highest BCUT2D eigenvalue weighted by Gasteiger charge is 2.14. The van der Waals surface area contributed by atoms with Crippen LogP contribution in [0.25, 0.3) is 0 Å². The van der Waals surface area contributed by atoms with Gasteiger partial charge in [-0.25, -0.2) is 0 Å². The van der Waals surface area contributed by atoms with Crippen LogP contribution in [-0.2, 0) is 0 Å². The van der Waals surface area contributed by atoms with E-state index in [0.29, 0.717) is 6.04 Å². The molecule has 0 saturated carbocycles. The van der Waals surface area contributed by atoms with Crippen LogP contribution in [-0.4, -0.2) is 20.1 Å². The van der Waals surface area contributed by atoms with Crippen LogP contribution in [0, 0.1) is 5.92 Å². The molecular formula is C16H28N2. The summed E-state index contributed by atoms with van der Waals surface area (Å²) in [5.41, 5.74) is 2.77. The monoisotopic (exact) mass is 248 g/mol. The van der Waals surface area contributed by atoms with Crippen molar-refractivity contribution in [3.63, 3.8) is 0 Å². The fourth-order valence-corrected chi connectivity index (χ4v) is 2.20. The summed E-state index contributed by atoms with van der Waals surface area (Å²) in [5, 5.41) is 3.34. The maximum absolute atomic E-state index is 3.34. The normalized spacial score (nSPS) is 14.3. The van der Waals surface area contributed by atoms with Gasteiger partial charge in [0.15, 0.2) is 0 Å². The Morgan fingerprint density at radius 3 is 2.39 bits per heavy atom.